The molecule has 0 radical (unpaired) electrons. The minimum absolute atomic E-state index is 0.304. The maximum atomic E-state index is 10.6. The summed E-state index contributed by atoms with van der Waals surface area (Å²) in [6, 6.07) is 0. The lowest BCUT2D eigenvalue weighted by Crippen LogP contribution is -2.09. The Morgan fingerprint density at radius 3 is 2.82 bits per heavy atom. The van der Waals surface area contributed by atoms with Gasteiger partial charge in [-0.05, 0) is 13.0 Å². The number of aliphatic hydroxyl groups excluding tert-OH is 2. The van der Waals surface area contributed by atoms with Gasteiger partial charge in [0.25, 0.3) is 0 Å². The Kier molecular flexibility index (Phi) is 5.42. The van der Waals surface area contributed by atoms with E-state index in [9.17, 15) is 4.79 Å². The smallest absolute Gasteiger partial charge is 0.330 e. The van der Waals surface area contributed by atoms with Crippen LogP contribution in [0.1, 0.15) is 6.92 Å². The minimum atomic E-state index is -0.987. The van der Waals surface area contributed by atoms with Crippen LogP contribution in [-0.2, 0) is 9.53 Å². The van der Waals surface area contributed by atoms with Crippen LogP contribution in [0.3, 0.4) is 0 Å². The Morgan fingerprint density at radius 2 is 2.36 bits per heavy atom. The summed E-state index contributed by atoms with van der Waals surface area (Å²) in [5, 5.41) is 17.1. The minimum Gasteiger partial charge on any atom is -0.463 e. The summed E-state index contributed by atoms with van der Waals surface area (Å²) in [6.07, 6.45) is 1.28. The molecular weight excluding hydrogens is 148 g/mol. The van der Waals surface area contributed by atoms with E-state index in [0.717, 1.165) is 6.08 Å². The number of rotatable bonds is 4. The molecule has 0 aromatic carbocycles. The molecular formula is C7H12O4. The van der Waals surface area contributed by atoms with E-state index in [1.165, 1.54) is 6.08 Å². The summed E-state index contributed by atoms with van der Waals surface area (Å²) in [7, 11) is 0. The summed E-state index contributed by atoms with van der Waals surface area (Å²) in [6.45, 7) is 1.60. The maximum Gasteiger partial charge on any atom is 0.330 e. The van der Waals surface area contributed by atoms with Gasteiger partial charge in [-0.3, -0.25) is 0 Å². The summed E-state index contributed by atoms with van der Waals surface area (Å²) in [5.74, 6) is -0.514. The lowest BCUT2D eigenvalue weighted by Gasteiger charge is -1.98. The Labute approximate surface area is 65.1 Å². The average molecular weight is 160 g/mol. The largest absolute Gasteiger partial charge is 0.463 e. The zero-order chi connectivity index (χ0) is 8.69. The molecule has 0 heterocycles. The third-order valence-electron chi connectivity index (χ3n) is 0.928. The van der Waals surface area contributed by atoms with E-state index in [4.69, 9.17) is 10.2 Å². The predicted octanol–water partition coefficient (Wildman–Crippen LogP) is -0.541. The number of hydrogen-bond acceptors (Lipinski definition) is 4. The van der Waals surface area contributed by atoms with Gasteiger partial charge in [0, 0.05) is 6.08 Å². The normalized spacial score (nSPS) is 13.4. The molecule has 1 atom stereocenters. The Balaban J connectivity index is 3.63. The van der Waals surface area contributed by atoms with E-state index in [-0.39, 0.29) is 0 Å². The fraction of sp³-hybridized carbons (Fsp3) is 0.571. The molecule has 0 saturated heterocycles. The van der Waals surface area contributed by atoms with E-state index in [0.29, 0.717) is 6.61 Å². The van der Waals surface area contributed by atoms with Gasteiger partial charge in [-0.25, -0.2) is 4.79 Å². The van der Waals surface area contributed by atoms with Crippen LogP contribution >= 0.6 is 0 Å². The van der Waals surface area contributed by atoms with Gasteiger partial charge >= 0.3 is 5.97 Å². The molecule has 0 aromatic heterocycles. The third-order valence-corrected chi connectivity index (χ3v) is 0.928. The lowest BCUT2D eigenvalue weighted by atomic mass is 10.3. The SMILES string of the molecule is CCOC(=O)/C=C\C(O)CO. The van der Waals surface area contributed by atoms with Gasteiger partial charge in [0.2, 0.25) is 0 Å². The third kappa shape index (κ3) is 5.57. The van der Waals surface area contributed by atoms with Gasteiger partial charge < -0.3 is 14.9 Å². The van der Waals surface area contributed by atoms with Gasteiger partial charge in [-0.2, -0.15) is 0 Å². The second-order valence-corrected chi connectivity index (χ2v) is 1.86. The highest BCUT2D eigenvalue weighted by Gasteiger charge is 1.97. The fourth-order valence-electron chi connectivity index (χ4n) is 0.441. The van der Waals surface area contributed by atoms with Crippen LogP contribution in [0.15, 0.2) is 12.2 Å². The first-order valence-corrected chi connectivity index (χ1v) is 3.34. The number of carbonyl (C=O) groups excluding carboxylic acids is 1. The van der Waals surface area contributed by atoms with Crippen molar-refractivity contribution >= 4 is 5.97 Å². The lowest BCUT2D eigenvalue weighted by molar-refractivity contribution is -0.137. The van der Waals surface area contributed by atoms with Crippen molar-refractivity contribution in [2.45, 2.75) is 13.0 Å². The summed E-state index contributed by atoms with van der Waals surface area (Å²) in [4.78, 5) is 10.6. The summed E-state index contributed by atoms with van der Waals surface area (Å²) in [5.41, 5.74) is 0. The molecule has 0 aliphatic carbocycles. The van der Waals surface area contributed by atoms with Crippen molar-refractivity contribution in [2.75, 3.05) is 13.2 Å². The highest BCUT2D eigenvalue weighted by atomic mass is 16.5. The molecule has 0 aromatic rings. The first kappa shape index (κ1) is 10.1. The topological polar surface area (TPSA) is 66.8 Å². The molecule has 0 saturated carbocycles. The molecule has 64 valence electrons. The fourth-order valence-corrected chi connectivity index (χ4v) is 0.441. The van der Waals surface area contributed by atoms with Gasteiger partial charge in [0.1, 0.15) is 0 Å². The van der Waals surface area contributed by atoms with Crippen molar-refractivity contribution in [3.8, 4) is 0 Å². The molecule has 0 bridgehead atoms. The first-order chi connectivity index (χ1) is 5.20. The summed E-state index contributed by atoms with van der Waals surface area (Å²) < 4.78 is 4.52. The second-order valence-electron chi connectivity index (χ2n) is 1.86. The van der Waals surface area contributed by atoms with Crippen LogP contribution in [0.2, 0.25) is 0 Å². The second kappa shape index (κ2) is 5.88. The first-order valence-electron chi connectivity index (χ1n) is 3.34. The Hall–Kier alpha value is -0.870. The highest BCUT2D eigenvalue weighted by Crippen LogP contribution is 1.86. The molecule has 4 heteroatoms. The standard InChI is InChI=1S/C7H12O4/c1-2-11-7(10)4-3-6(9)5-8/h3-4,6,8-9H,2,5H2,1H3/b4-3-. The molecule has 11 heavy (non-hydrogen) atoms. The molecule has 0 spiro atoms. The van der Waals surface area contributed by atoms with E-state index < -0.39 is 18.7 Å². The van der Waals surface area contributed by atoms with Crippen LogP contribution in [0.5, 0.6) is 0 Å². The quantitative estimate of drug-likeness (QED) is 0.428. The van der Waals surface area contributed by atoms with E-state index in [1.807, 2.05) is 0 Å². The Bertz CT molecular complexity index is 141. The zero-order valence-corrected chi connectivity index (χ0v) is 6.36. The molecule has 1 unspecified atom stereocenters. The number of carbonyl (C=O) groups is 1. The summed E-state index contributed by atoms with van der Waals surface area (Å²) >= 11 is 0. The zero-order valence-electron chi connectivity index (χ0n) is 6.36. The number of ether oxygens (including phenoxy) is 1. The van der Waals surface area contributed by atoms with Crippen LogP contribution in [0, 0.1) is 0 Å². The highest BCUT2D eigenvalue weighted by molar-refractivity contribution is 5.81. The van der Waals surface area contributed by atoms with Crippen molar-refractivity contribution < 1.29 is 19.7 Å². The van der Waals surface area contributed by atoms with Crippen molar-refractivity contribution in [2.24, 2.45) is 0 Å². The molecule has 0 aliphatic rings. The van der Waals surface area contributed by atoms with E-state index in [2.05, 4.69) is 4.74 Å². The average Bonchev–Trinajstić information content (AvgIpc) is 2.01. The molecule has 0 amide bonds. The van der Waals surface area contributed by atoms with Gasteiger partial charge in [0.05, 0.1) is 19.3 Å². The van der Waals surface area contributed by atoms with Crippen LogP contribution < -0.4 is 0 Å². The van der Waals surface area contributed by atoms with E-state index >= 15 is 0 Å². The maximum absolute atomic E-state index is 10.6. The van der Waals surface area contributed by atoms with Crippen molar-refractivity contribution in [3.63, 3.8) is 0 Å². The molecule has 4 nitrogen and oxygen atoms in total. The van der Waals surface area contributed by atoms with Crippen LogP contribution in [0.4, 0.5) is 0 Å². The monoisotopic (exact) mass is 160 g/mol. The number of aliphatic hydroxyl groups is 2. The van der Waals surface area contributed by atoms with Gasteiger partial charge in [0.15, 0.2) is 0 Å². The van der Waals surface area contributed by atoms with Crippen molar-refractivity contribution in [1.29, 1.82) is 0 Å². The number of hydrogen-bond donors (Lipinski definition) is 2. The number of esters is 1. The van der Waals surface area contributed by atoms with Crippen molar-refractivity contribution in [3.05, 3.63) is 12.2 Å². The van der Waals surface area contributed by atoms with Crippen LogP contribution in [-0.4, -0.2) is 35.5 Å². The van der Waals surface area contributed by atoms with Crippen molar-refractivity contribution in [1.82, 2.24) is 0 Å². The van der Waals surface area contributed by atoms with Crippen LogP contribution in [0.25, 0.3) is 0 Å². The predicted molar refractivity (Wildman–Crippen MR) is 38.9 cm³/mol. The molecule has 0 fully saturated rings. The van der Waals surface area contributed by atoms with E-state index in [1.54, 1.807) is 6.92 Å². The van der Waals surface area contributed by atoms with Gasteiger partial charge in [-0.15, -0.1) is 0 Å². The van der Waals surface area contributed by atoms with Gasteiger partial charge in [-0.1, -0.05) is 0 Å². The Morgan fingerprint density at radius 1 is 1.73 bits per heavy atom. The molecule has 0 rings (SSSR count). The molecule has 2 N–H and O–H groups in total. The molecule has 0 aliphatic heterocycles.